The van der Waals surface area contributed by atoms with Crippen LogP contribution < -0.4 is 10.6 Å². The summed E-state index contributed by atoms with van der Waals surface area (Å²) in [5.74, 6) is -0.201. The van der Waals surface area contributed by atoms with Gasteiger partial charge in [-0.3, -0.25) is 4.79 Å². The van der Waals surface area contributed by atoms with E-state index in [1.165, 1.54) is 0 Å². The molecule has 0 aromatic heterocycles. The van der Waals surface area contributed by atoms with Gasteiger partial charge in [0.1, 0.15) is 11.6 Å². The molecular formula is C16H22N2O3. The molecule has 0 radical (unpaired) electrons. The van der Waals surface area contributed by atoms with Crippen molar-refractivity contribution in [2.75, 3.05) is 5.32 Å². The molecular weight excluding hydrogens is 268 g/mol. The fourth-order valence-electron chi connectivity index (χ4n) is 2.30. The molecule has 0 saturated heterocycles. The average Bonchev–Trinajstić information content (AvgIpc) is 2.35. The number of amides is 2. The van der Waals surface area contributed by atoms with Crippen LogP contribution in [0.3, 0.4) is 0 Å². The summed E-state index contributed by atoms with van der Waals surface area (Å²) in [7, 11) is 0. The van der Waals surface area contributed by atoms with E-state index in [1.54, 1.807) is 20.8 Å². The molecule has 2 N–H and O–H groups in total. The Kier molecular flexibility index (Phi) is 4.50. The molecule has 1 aromatic carbocycles. The molecule has 1 heterocycles. The molecule has 0 fully saturated rings. The van der Waals surface area contributed by atoms with Crippen LogP contribution >= 0.6 is 0 Å². The van der Waals surface area contributed by atoms with Gasteiger partial charge in [-0.2, -0.15) is 0 Å². The number of anilines is 1. The summed E-state index contributed by atoms with van der Waals surface area (Å²) in [6, 6.07) is 7.17. The second kappa shape index (κ2) is 6.16. The van der Waals surface area contributed by atoms with E-state index in [4.69, 9.17) is 4.74 Å². The van der Waals surface area contributed by atoms with Gasteiger partial charge in [-0.25, -0.2) is 4.79 Å². The number of rotatable bonds is 1. The Labute approximate surface area is 125 Å². The lowest BCUT2D eigenvalue weighted by Gasteiger charge is -2.25. The van der Waals surface area contributed by atoms with Crippen LogP contribution in [0, 0.1) is 0 Å². The van der Waals surface area contributed by atoms with E-state index in [0.717, 1.165) is 24.1 Å². The Hall–Kier alpha value is -2.04. The number of hydrogen-bond donors (Lipinski definition) is 2. The van der Waals surface area contributed by atoms with Gasteiger partial charge in [0.05, 0.1) is 0 Å². The predicted octanol–water partition coefficient (Wildman–Crippen LogP) is 2.85. The number of carbonyl (C=O) groups excluding carboxylic acids is 2. The summed E-state index contributed by atoms with van der Waals surface area (Å²) in [6.45, 7) is 5.38. The largest absolute Gasteiger partial charge is 0.444 e. The smallest absolute Gasteiger partial charge is 0.408 e. The summed E-state index contributed by atoms with van der Waals surface area (Å²) in [6.07, 6.45) is 1.75. The standard InChI is InChI=1S/C16H22N2O3/c1-16(2,3)21-15(20)18-13-10-6-8-11-7-4-5-9-12(11)17-14(13)19/h4-5,7,9,13H,6,8,10H2,1-3H3,(H,17,19)(H,18,20). The lowest BCUT2D eigenvalue weighted by Crippen LogP contribution is -2.46. The van der Waals surface area contributed by atoms with Crippen LogP contribution in [-0.2, 0) is 16.0 Å². The molecule has 2 amide bonds. The van der Waals surface area contributed by atoms with Crippen molar-refractivity contribution in [2.45, 2.75) is 51.7 Å². The van der Waals surface area contributed by atoms with E-state index in [-0.39, 0.29) is 5.91 Å². The molecule has 1 aliphatic heterocycles. The maximum absolute atomic E-state index is 12.2. The summed E-state index contributed by atoms with van der Waals surface area (Å²) in [5.41, 5.74) is 1.37. The number of hydrogen-bond acceptors (Lipinski definition) is 3. The first-order valence-electron chi connectivity index (χ1n) is 7.23. The highest BCUT2D eigenvalue weighted by Gasteiger charge is 2.25. The second-order valence-electron chi connectivity index (χ2n) is 6.24. The summed E-state index contributed by atoms with van der Waals surface area (Å²) >= 11 is 0. The topological polar surface area (TPSA) is 67.4 Å². The maximum Gasteiger partial charge on any atom is 0.408 e. The third-order valence-corrected chi connectivity index (χ3v) is 3.22. The maximum atomic E-state index is 12.2. The number of ether oxygens (including phenoxy) is 1. The van der Waals surface area contributed by atoms with Crippen molar-refractivity contribution < 1.29 is 14.3 Å². The van der Waals surface area contributed by atoms with Gasteiger partial charge in [-0.15, -0.1) is 0 Å². The van der Waals surface area contributed by atoms with Crippen LogP contribution in [0.4, 0.5) is 10.5 Å². The molecule has 1 aromatic rings. The molecule has 0 bridgehead atoms. The van der Waals surface area contributed by atoms with Gasteiger partial charge in [0.15, 0.2) is 0 Å². The molecule has 5 nitrogen and oxygen atoms in total. The van der Waals surface area contributed by atoms with Gasteiger partial charge in [0.25, 0.3) is 0 Å². The SMILES string of the molecule is CC(C)(C)OC(=O)NC1CCCc2ccccc2NC1=O. The van der Waals surface area contributed by atoms with Crippen molar-refractivity contribution >= 4 is 17.7 Å². The van der Waals surface area contributed by atoms with Crippen LogP contribution in [-0.4, -0.2) is 23.6 Å². The quantitative estimate of drug-likeness (QED) is 0.835. The average molecular weight is 290 g/mol. The van der Waals surface area contributed by atoms with E-state index < -0.39 is 17.7 Å². The van der Waals surface area contributed by atoms with Gasteiger partial charge in [-0.05, 0) is 51.7 Å². The number of para-hydroxylation sites is 1. The fourth-order valence-corrected chi connectivity index (χ4v) is 2.30. The number of carbonyl (C=O) groups is 2. The molecule has 0 spiro atoms. The normalized spacial score (nSPS) is 18.8. The van der Waals surface area contributed by atoms with Gasteiger partial charge in [-0.1, -0.05) is 18.2 Å². The molecule has 0 aliphatic carbocycles. The number of fused-ring (bicyclic) bond motifs is 1. The van der Waals surface area contributed by atoms with Gasteiger partial charge < -0.3 is 15.4 Å². The van der Waals surface area contributed by atoms with Crippen LogP contribution in [0.2, 0.25) is 0 Å². The van der Waals surface area contributed by atoms with Crippen molar-refractivity contribution in [3.8, 4) is 0 Å². The van der Waals surface area contributed by atoms with E-state index in [9.17, 15) is 9.59 Å². The Bertz CT molecular complexity index is 535. The lowest BCUT2D eigenvalue weighted by atomic mass is 10.00. The molecule has 0 saturated carbocycles. The van der Waals surface area contributed by atoms with Gasteiger partial charge in [0.2, 0.25) is 5.91 Å². The van der Waals surface area contributed by atoms with E-state index in [1.807, 2.05) is 24.3 Å². The predicted molar refractivity (Wildman–Crippen MR) is 81.2 cm³/mol. The summed E-state index contributed by atoms with van der Waals surface area (Å²) < 4.78 is 5.20. The van der Waals surface area contributed by atoms with Gasteiger partial charge in [0, 0.05) is 5.69 Å². The molecule has 1 atom stereocenters. The van der Waals surface area contributed by atoms with E-state index >= 15 is 0 Å². The van der Waals surface area contributed by atoms with Crippen molar-refractivity contribution in [3.05, 3.63) is 29.8 Å². The first-order valence-corrected chi connectivity index (χ1v) is 7.23. The third kappa shape index (κ3) is 4.48. The molecule has 2 rings (SSSR count). The minimum absolute atomic E-state index is 0.201. The Balaban J connectivity index is 2.03. The minimum Gasteiger partial charge on any atom is -0.444 e. The number of alkyl carbamates (subject to hydrolysis) is 1. The van der Waals surface area contributed by atoms with Crippen molar-refractivity contribution in [1.29, 1.82) is 0 Å². The summed E-state index contributed by atoms with van der Waals surface area (Å²) in [5, 5.41) is 5.52. The van der Waals surface area contributed by atoms with Crippen LogP contribution in [0.15, 0.2) is 24.3 Å². The first kappa shape index (κ1) is 15.4. The highest BCUT2D eigenvalue weighted by atomic mass is 16.6. The Morgan fingerprint density at radius 2 is 2.05 bits per heavy atom. The lowest BCUT2D eigenvalue weighted by molar-refractivity contribution is -0.118. The zero-order valence-corrected chi connectivity index (χ0v) is 12.7. The molecule has 1 unspecified atom stereocenters. The Morgan fingerprint density at radius 3 is 2.76 bits per heavy atom. The van der Waals surface area contributed by atoms with Gasteiger partial charge >= 0.3 is 6.09 Å². The van der Waals surface area contributed by atoms with E-state index in [2.05, 4.69) is 10.6 Å². The van der Waals surface area contributed by atoms with Crippen molar-refractivity contribution in [1.82, 2.24) is 5.32 Å². The number of aryl methyl sites for hydroxylation is 1. The molecule has 114 valence electrons. The highest BCUT2D eigenvalue weighted by molar-refractivity contribution is 5.97. The fraction of sp³-hybridized carbons (Fsp3) is 0.500. The second-order valence-corrected chi connectivity index (χ2v) is 6.24. The third-order valence-electron chi connectivity index (χ3n) is 3.22. The van der Waals surface area contributed by atoms with Crippen molar-refractivity contribution in [3.63, 3.8) is 0 Å². The molecule has 5 heteroatoms. The van der Waals surface area contributed by atoms with Crippen LogP contribution in [0.5, 0.6) is 0 Å². The number of benzene rings is 1. The Morgan fingerprint density at radius 1 is 1.33 bits per heavy atom. The van der Waals surface area contributed by atoms with Crippen LogP contribution in [0.1, 0.15) is 39.2 Å². The monoisotopic (exact) mass is 290 g/mol. The molecule has 1 aliphatic rings. The number of nitrogens with one attached hydrogen (secondary N) is 2. The van der Waals surface area contributed by atoms with Crippen molar-refractivity contribution in [2.24, 2.45) is 0 Å². The zero-order chi connectivity index (χ0) is 15.5. The van der Waals surface area contributed by atoms with E-state index in [0.29, 0.717) is 6.42 Å². The zero-order valence-electron chi connectivity index (χ0n) is 12.7. The minimum atomic E-state index is -0.575. The van der Waals surface area contributed by atoms with Crippen LogP contribution in [0.25, 0.3) is 0 Å². The first-order chi connectivity index (χ1) is 9.85. The highest BCUT2D eigenvalue weighted by Crippen LogP contribution is 2.21. The molecule has 21 heavy (non-hydrogen) atoms. The summed E-state index contributed by atoms with van der Waals surface area (Å²) in [4.78, 5) is 24.1.